The molecule has 0 aromatic carbocycles. The van der Waals surface area contributed by atoms with Crippen LogP contribution in [0.15, 0.2) is 43.2 Å². The highest BCUT2D eigenvalue weighted by atomic mass is 32.1. The predicted molar refractivity (Wildman–Crippen MR) is 123 cm³/mol. The van der Waals surface area contributed by atoms with Crippen molar-refractivity contribution in [2.24, 2.45) is 0 Å². The Balaban J connectivity index is 1.32. The summed E-state index contributed by atoms with van der Waals surface area (Å²) in [4.78, 5) is 28.4. The van der Waals surface area contributed by atoms with Gasteiger partial charge in [-0.05, 0) is 25.7 Å². The largest absolute Gasteiger partial charge is 0.347 e. The number of rotatable bonds is 6. The zero-order valence-electron chi connectivity index (χ0n) is 18.6. The Kier molecular flexibility index (Phi) is 5.67. The molecular formula is C21H19F2N11OS. The summed E-state index contributed by atoms with van der Waals surface area (Å²) in [5, 5.41) is 19.9. The van der Waals surface area contributed by atoms with Crippen LogP contribution in [0.4, 0.5) is 8.78 Å². The number of hydrogen-bond donors (Lipinski definition) is 1. The molecule has 1 fully saturated rings. The number of carbonyl (C=O) groups is 1. The summed E-state index contributed by atoms with van der Waals surface area (Å²) in [6.07, 6.45) is 9.42. The van der Waals surface area contributed by atoms with E-state index in [2.05, 4.69) is 40.2 Å². The summed E-state index contributed by atoms with van der Waals surface area (Å²) in [5.41, 5.74) is 1.47. The Labute approximate surface area is 206 Å². The van der Waals surface area contributed by atoms with Crippen LogP contribution in [0.1, 0.15) is 52.8 Å². The van der Waals surface area contributed by atoms with Gasteiger partial charge in [0, 0.05) is 24.3 Å². The number of fused-ring (bicyclic) bond motifs is 1. The number of carbonyl (C=O) groups excluding carboxylic acids is 1. The van der Waals surface area contributed by atoms with Crippen molar-refractivity contribution in [3.63, 3.8) is 0 Å². The fraction of sp³-hybridized carbons (Fsp3) is 0.333. The SMILES string of the molecule is O=C(N[C@H]1CCC[C@@H](n2c(-n3nccn3)nc3cnc(-n4nccn4)cc32)C1)c1ncc(C(F)F)s1. The Morgan fingerprint density at radius 2 is 1.78 bits per heavy atom. The standard InChI is InChI=1S/C21H19F2N11OS/c22-18(23)16-11-25-20(36-16)19(35)30-12-2-1-3-13(8-12)32-15-9-17(33-26-4-5-27-33)24-10-14(15)31-21(32)34-28-6-7-29-34/h4-7,9-13,18H,1-3,8H2,(H,30,35)/t12-,13+/m0/s1. The maximum Gasteiger partial charge on any atom is 0.280 e. The molecule has 0 unspecified atom stereocenters. The summed E-state index contributed by atoms with van der Waals surface area (Å²) >= 11 is 0.710. The molecule has 0 saturated heterocycles. The minimum atomic E-state index is -2.65. The summed E-state index contributed by atoms with van der Waals surface area (Å²) in [6.45, 7) is 0. The molecule has 5 heterocycles. The van der Waals surface area contributed by atoms with E-state index in [0.29, 0.717) is 35.0 Å². The van der Waals surface area contributed by atoms with Gasteiger partial charge in [0.2, 0.25) is 0 Å². The number of aromatic nitrogens is 10. The minimum Gasteiger partial charge on any atom is -0.347 e. The molecule has 2 atom stereocenters. The van der Waals surface area contributed by atoms with Crippen molar-refractivity contribution in [3.8, 4) is 11.8 Å². The molecule has 0 aliphatic heterocycles. The van der Waals surface area contributed by atoms with Crippen molar-refractivity contribution >= 4 is 28.3 Å². The molecule has 1 N–H and O–H groups in total. The van der Waals surface area contributed by atoms with Gasteiger partial charge in [-0.2, -0.15) is 20.4 Å². The Morgan fingerprint density at radius 3 is 2.50 bits per heavy atom. The van der Waals surface area contributed by atoms with E-state index in [-0.39, 0.29) is 22.0 Å². The number of nitrogens with zero attached hydrogens (tertiary/aromatic N) is 10. The van der Waals surface area contributed by atoms with Gasteiger partial charge in [0.25, 0.3) is 18.3 Å². The van der Waals surface area contributed by atoms with Crippen molar-refractivity contribution in [2.45, 2.75) is 44.2 Å². The average molecular weight is 512 g/mol. The highest BCUT2D eigenvalue weighted by Gasteiger charge is 2.30. The van der Waals surface area contributed by atoms with E-state index in [1.807, 2.05) is 6.07 Å². The second-order valence-corrected chi connectivity index (χ2v) is 9.37. The molecule has 15 heteroatoms. The van der Waals surface area contributed by atoms with Crippen LogP contribution in [0, 0.1) is 0 Å². The van der Waals surface area contributed by atoms with E-state index in [0.717, 1.165) is 31.0 Å². The number of nitrogens with one attached hydrogen (secondary N) is 1. The molecule has 36 heavy (non-hydrogen) atoms. The molecule has 12 nitrogen and oxygen atoms in total. The number of amides is 1. The highest BCUT2D eigenvalue weighted by Crippen LogP contribution is 2.34. The van der Waals surface area contributed by atoms with Crippen molar-refractivity contribution < 1.29 is 13.6 Å². The van der Waals surface area contributed by atoms with Gasteiger partial charge in [0.05, 0.1) is 41.4 Å². The van der Waals surface area contributed by atoms with Gasteiger partial charge >= 0.3 is 0 Å². The van der Waals surface area contributed by atoms with Crippen LogP contribution in [0.5, 0.6) is 0 Å². The van der Waals surface area contributed by atoms with Gasteiger partial charge in [0.15, 0.2) is 10.8 Å². The lowest BCUT2D eigenvalue weighted by atomic mass is 9.90. The molecule has 0 bridgehead atoms. The number of imidazole rings is 1. The number of hydrogen-bond acceptors (Lipinski definition) is 9. The molecule has 5 aromatic rings. The summed E-state index contributed by atoms with van der Waals surface area (Å²) in [7, 11) is 0. The van der Waals surface area contributed by atoms with Crippen LogP contribution in [-0.4, -0.2) is 61.5 Å². The van der Waals surface area contributed by atoms with Crippen molar-refractivity contribution in [1.82, 2.24) is 54.8 Å². The molecule has 0 radical (unpaired) electrons. The highest BCUT2D eigenvalue weighted by molar-refractivity contribution is 7.13. The van der Waals surface area contributed by atoms with Gasteiger partial charge < -0.3 is 9.88 Å². The zero-order chi connectivity index (χ0) is 24.6. The molecule has 1 saturated carbocycles. The zero-order valence-corrected chi connectivity index (χ0v) is 19.5. The lowest BCUT2D eigenvalue weighted by molar-refractivity contribution is 0.0920. The maximum atomic E-state index is 12.9. The van der Waals surface area contributed by atoms with Crippen LogP contribution in [-0.2, 0) is 0 Å². The first-order valence-corrected chi connectivity index (χ1v) is 12.0. The van der Waals surface area contributed by atoms with Crippen LogP contribution in [0.3, 0.4) is 0 Å². The Hall–Kier alpha value is -4.14. The monoisotopic (exact) mass is 511 g/mol. The Bertz CT molecular complexity index is 1500. The quantitative estimate of drug-likeness (QED) is 0.368. The van der Waals surface area contributed by atoms with Gasteiger partial charge in [-0.15, -0.1) is 20.9 Å². The lowest BCUT2D eigenvalue weighted by Crippen LogP contribution is -2.39. The first kappa shape index (κ1) is 22.3. The topological polar surface area (TPSA) is 134 Å². The Morgan fingerprint density at radius 1 is 1.03 bits per heavy atom. The minimum absolute atomic E-state index is 0.0318. The molecule has 1 aliphatic rings. The number of thiazole rings is 1. The third-order valence-electron chi connectivity index (χ3n) is 6.04. The maximum absolute atomic E-state index is 12.9. The van der Waals surface area contributed by atoms with Crippen LogP contribution in [0.2, 0.25) is 0 Å². The van der Waals surface area contributed by atoms with Gasteiger partial charge in [-0.25, -0.2) is 23.7 Å². The van der Waals surface area contributed by atoms with E-state index < -0.39 is 12.3 Å². The summed E-state index contributed by atoms with van der Waals surface area (Å²) in [6, 6.07) is 1.66. The van der Waals surface area contributed by atoms with E-state index >= 15 is 0 Å². The second kappa shape index (κ2) is 9.14. The average Bonchev–Trinajstić information content (AvgIpc) is 3.69. The fourth-order valence-electron chi connectivity index (χ4n) is 4.51. The molecule has 184 valence electrons. The molecule has 5 aromatic heterocycles. The van der Waals surface area contributed by atoms with Gasteiger partial charge in [-0.3, -0.25) is 4.79 Å². The van der Waals surface area contributed by atoms with Crippen LogP contribution in [0.25, 0.3) is 22.8 Å². The van der Waals surface area contributed by atoms with Crippen molar-refractivity contribution in [3.05, 3.63) is 53.1 Å². The molecule has 6 rings (SSSR count). The smallest absolute Gasteiger partial charge is 0.280 e. The van der Waals surface area contributed by atoms with Gasteiger partial charge in [-0.1, -0.05) is 0 Å². The normalized spacial score (nSPS) is 18.2. The third kappa shape index (κ3) is 4.10. The first-order valence-electron chi connectivity index (χ1n) is 11.2. The van der Waals surface area contributed by atoms with E-state index in [1.54, 1.807) is 31.0 Å². The van der Waals surface area contributed by atoms with Crippen LogP contribution >= 0.6 is 11.3 Å². The molecule has 0 spiro atoms. The summed E-state index contributed by atoms with van der Waals surface area (Å²) in [5.74, 6) is 0.618. The molecular weight excluding hydrogens is 492 g/mol. The van der Waals surface area contributed by atoms with E-state index in [1.165, 1.54) is 9.59 Å². The fourth-order valence-corrected chi connectivity index (χ4v) is 5.18. The number of halogens is 2. The van der Waals surface area contributed by atoms with Gasteiger partial charge in [0.1, 0.15) is 5.52 Å². The van der Waals surface area contributed by atoms with Crippen molar-refractivity contribution in [1.29, 1.82) is 0 Å². The molecule has 1 amide bonds. The van der Waals surface area contributed by atoms with Crippen molar-refractivity contribution in [2.75, 3.05) is 0 Å². The molecule has 1 aliphatic carbocycles. The second-order valence-electron chi connectivity index (χ2n) is 8.31. The number of pyridine rings is 1. The summed E-state index contributed by atoms with van der Waals surface area (Å²) < 4.78 is 27.9. The van der Waals surface area contributed by atoms with E-state index in [4.69, 9.17) is 4.98 Å². The lowest BCUT2D eigenvalue weighted by Gasteiger charge is -2.31. The first-order chi connectivity index (χ1) is 17.6. The number of alkyl halides is 2. The van der Waals surface area contributed by atoms with Crippen LogP contribution < -0.4 is 5.32 Å². The third-order valence-corrected chi connectivity index (χ3v) is 7.05. The predicted octanol–water partition coefficient (Wildman–Crippen LogP) is 2.90. The van der Waals surface area contributed by atoms with E-state index in [9.17, 15) is 13.6 Å².